The molecule has 6 nitrogen and oxygen atoms in total. The average Bonchev–Trinajstić information content (AvgIpc) is 2.81. The molecular weight excluding hydrogens is 332 g/mol. The summed E-state index contributed by atoms with van der Waals surface area (Å²) in [4.78, 5) is 23.0. The number of amides is 1. The minimum atomic E-state index is -0.815. The maximum absolute atomic E-state index is 12.0. The lowest BCUT2D eigenvalue weighted by molar-refractivity contribution is -0.137. The quantitative estimate of drug-likeness (QED) is 0.755. The van der Waals surface area contributed by atoms with Gasteiger partial charge in [-0.3, -0.25) is 10.1 Å². The van der Waals surface area contributed by atoms with Crippen LogP contribution in [-0.2, 0) is 22.6 Å². The van der Waals surface area contributed by atoms with Crippen molar-refractivity contribution in [3.05, 3.63) is 59.7 Å². The number of carbonyl (C=O) groups is 2. The number of benzene rings is 2. The van der Waals surface area contributed by atoms with E-state index in [0.29, 0.717) is 5.69 Å². The Bertz CT molecular complexity index is 777. The third-order valence-electron chi connectivity index (χ3n) is 4.35. The highest BCUT2D eigenvalue weighted by molar-refractivity contribution is 5.85. The normalized spacial score (nSPS) is 15.9. The second kappa shape index (κ2) is 8.38. The summed E-state index contributed by atoms with van der Waals surface area (Å²) < 4.78 is 5.23. The van der Waals surface area contributed by atoms with Crippen molar-refractivity contribution in [3.63, 3.8) is 0 Å². The minimum Gasteiger partial charge on any atom is -0.481 e. The van der Waals surface area contributed by atoms with Crippen LogP contribution in [0.15, 0.2) is 48.5 Å². The topological polar surface area (TPSA) is 87.7 Å². The minimum absolute atomic E-state index is 0.0796. The molecule has 0 spiro atoms. The fourth-order valence-electron chi connectivity index (χ4n) is 3.08. The summed E-state index contributed by atoms with van der Waals surface area (Å²) in [5, 5.41) is 15.0. The summed E-state index contributed by atoms with van der Waals surface area (Å²) in [5.74, 6) is -0.815. The van der Waals surface area contributed by atoms with Crippen molar-refractivity contribution in [2.45, 2.75) is 38.3 Å². The number of carboxylic acid groups (broad SMARTS) is 1. The van der Waals surface area contributed by atoms with Gasteiger partial charge in [-0.25, -0.2) is 4.79 Å². The molecule has 3 N–H and O–H groups in total. The smallest absolute Gasteiger partial charge is 0.411 e. The summed E-state index contributed by atoms with van der Waals surface area (Å²) in [5.41, 5.74) is 3.53. The molecule has 1 aliphatic heterocycles. The molecule has 1 amide bonds. The van der Waals surface area contributed by atoms with Crippen LogP contribution < -0.4 is 10.6 Å². The van der Waals surface area contributed by atoms with Crippen LogP contribution in [0.3, 0.4) is 0 Å². The Morgan fingerprint density at radius 3 is 2.77 bits per heavy atom. The van der Waals surface area contributed by atoms with E-state index in [9.17, 15) is 9.59 Å². The third-order valence-corrected chi connectivity index (χ3v) is 4.35. The Labute approximate surface area is 152 Å². The first-order valence-corrected chi connectivity index (χ1v) is 8.69. The lowest BCUT2D eigenvalue weighted by atomic mass is 10.1. The van der Waals surface area contributed by atoms with E-state index in [2.05, 4.69) is 10.6 Å². The van der Waals surface area contributed by atoms with E-state index in [1.54, 1.807) is 0 Å². The second-order valence-electron chi connectivity index (χ2n) is 6.39. The molecule has 2 aromatic carbocycles. The first-order chi connectivity index (χ1) is 12.6. The van der Waals surface area contributed by atoms with Gasteiger partial charge in [-0.2, -0.15) is 0 Å². The van der Waals surface area contributed by atoms with Gasteiger partial charge in [0.2, 0.25) is 0 Å². The number of rotatable bonds is 5. The van der Waals surface area contributed by atoms with Crippen molar-refractivity contribution in [2.75, 3.05) is 10.6 Å². The van der Waals surface area contributed by atoms with E-state index in [0.717, 1.165) is 36.1 Å². The highest BCUT2D eigenvalue weighted by Crippen LogP contribution is 2.28. The summed E-state index contributed by atoms with van der Waals surface area (Å²) in [6.45, 7) is 0.205. The molecule has 2 aromatic rings. The van der Waals surface area contributed by atoms with Crippen LogP contribution in [0.2, 0.25) is 0 Å². The van der Waals surface area contributed by atoms with Crippen LogP contribution in [0, 0.1) is 0 Å². The molecule has 6 heteroatoms. The van der Waals surface area contributed by atoms with Gasteiger partial charge in [0.25, 0.3) is 0 Å². The molecule has 3 rings (SSSR count). The van der Waals surface area contributed by atoms with Gasteiger partial charge in [0, 0.05) is 17.4 Å². The highest BCUT2D eigenvalue weighted by atomic mass is 16.5. The van der Waals surface area contributed by atoms with E-state index in [1.807, 2.05) is 48.5 Å². The highest BCUT2D eigenvalue weighted by Gasteiger charge is 2.18. The zero-order valence-corrected chi connectivity index (χ0v) is 14.4. The van der Waals surface area contributed by atoms with E-state index < -0.39 is 12.1 Å². The average molecular weight is 354 g/mol. The fraction of sp³-hybridized carbons (Fsp3) is 0.300. The summed E-state index contributed by atoms with van der Waals surface area (Å²) in [7, 11) is 0. The van der Waals surface area contributed by atoms with Gasteiger partial charge < -0.3 is 15.2 Å². The number of aliphatic carboxylic acids is 1. The second-order valence-corrected chi connectivity index (χ2v) is 6.39. The van der Waals surface area contributed by atoms with Gasteiger partial charge in [0.15, 0.2) is 0 Å². The van der Waals surface area contributed by atoms with Gasteiger partial charge in [0.05, 0.1) is 6.42 Å². The van der Waals surface area contributed by atoms with Crippen LogP contribution >= 0.6 is 0 Å². The van der Waals surface area contributed by atoms with Gasteiger partial charge >= 0.3 is 12.1 Å². The summed E-state index contributed by atoms with van der Waals surface area (Å²) in [6, 6.07) is 15.0. The Balaban J connectivity index is 1.61. The Morgan fingerprint density at radius 1 is 1.19 bits per heavy atom. The van der Waals surface area contributed by atoms with Crippen LogP contribution in [-0.4, -0.2) is 23.2 Å². The molecule has 0 saturated heterocycles. The van der Waals surface area contributed by atoms with Crippen molar-refractivity contribution in [2.24, 2.45) is 0 Å². The predicted molar refractivity (Wildman–Crippen MR) is 99.3 cm³/mol. The zero-order valence-electron chi connectivity index (χ0n) is 14.4. The summed E-state index contributed by atoms with van der Waals surface area (Å²) >= 11 is 0. The van der Waals surface area contributed by atoms with Crippen molar-refractivity contribution < 1.29 is 19.4 Å². The fourth-order valence-corrected chi connectivity index (χ4v) is 3.08. The van der Waals surface area contributed by atoms with Crippen LogP contribution in [0.5, 0.6) is 0 Å². The molecular formula is C20H22N2O4. The molecule has 26 heavy (non-hydrogen) atoms. The van der Waals surface area contributed by atoms with Gasteiger partial charge in [0.1, 0.15) is 6.61 Å². The molecule has 0 saturated carbocycles. The van der Waals surface area contributed by atoms with Gasteiger partial charge in [-0.1, -0.05) is 36.4 Å². The lowest BCUT2D eigenvalue weighted by Crippen LogP contribution is -2.22. The first-order valence-electron chi connectivity index (χ1n) is 8.69. The monoisotopic (exact) mass is 354 g/mol. The number of anilines is 2. The third kappa shape index (κ3) is 4.99. The van der Waals surface area contributed by atoms with Crippen LogP contribution in [0.4, 0.5) is 16.2 Å². The lowest BCUT2D eigenvalue weighted by Gasteiger charge is -2.17. The Kier molecular flexibility index (Phi) is 5.73. The first kappa shape index (κ1) is 17.8. The number of hydrogen-bond donors (Lipinski definition) is 3. The van der Waals surface area contributed by atoms with Crippen LogP contribution in [0.25, 0.3) is 0 Å². The van der Waals surface area contributed by atoms with Crippen molar-refractivity contribution >= 4 is 23.4 Å². The molecule has 1 aliphatic rings. The SMILES string of the molecule is O=C(O)C[C@H]1CCCc2ccc(NC(=O)OCc3ccccc3)cc2N1. The number of nitrogens with one attached hydrogen (secondary N) is 2. The van der Waals surface area contributed by atoms with Crippen molar-refractivity contribution in [1.82, 2.24) is 0 Å². The predicted octanol–water partition coefficient (Wildman–Crippen LogP) is 4.03. The molecule has 0 bridgehead atoms. The molecule has 136 valence electrons. The Hall–Kier alpha value is -3.02. The van der Waals surface area contributed by atoms with E-state index >= 15 is 0 Å². The maximum atomic E-state index is 12.0. The number of ether oxygens (including phenoxy) is 1. The van der Waals surface area contributed by atoms with E-state index in [4.69, 9.17) is 9.84 Å². The van der Waals surface area contributed by atoms with Crippen molar-refractivity contribution in [1.29, 1.82) is 0 Å². The van der Waals surface area contributed by atoms with E-state index in [1.165, 1.54) is 0 Å². The summed E-state index contributed by atoms with van der Waals surface area (Å²) in [6.07, 6.45) is 2.18. The molecule has 0 fully saturated rings. The van der Waals surface area contributed by atoms with Crippen LogP contribution in [0.1, 0.15) is 30.4 Å². The number of carboxylic acids is 1. The number of fused-ring (bicyclic) bond motifs is 1. The molecule has 1 heterocycles. The standard InChI is InChI=1S/C20H22N2O4/c23-19(24)12-16-8-4-7-15-9-10-17(11-18(15)21-16)22-20(25)26-13-14-5-2-1-3-6-14/h1-3,5-6,9-11,16,21H,4,7-8,12-13H2,(H,22,25)(H,23,24)/t16-/m1/s1. The molecule has 0 aliphatic carbocycles. The number of carbonyl (C=O) groups excluding carboxylic acids is 1. The Morgan fingerprint density at radius 2 is 2.00 bits per heavy atom. The largest absolute Gasteiger partial charge is 0.481 e. The maximum Gasteiger partial charge on any atom is 0.411 e. The van der Waals surface area contributed by atoms with Crippen molar-refractivity contribution in [3.8, 4) is 0 Å². The molecule has 0 aromatic heterocycles. The number of hydrogen-bond acceptors (Lipinski definition) is 4. The van der Waals surface area contributed by atoms with E-state index in [-0.39, 0.29) is 19.1 Å². The van der Waals surface area contributed by atoms with Gasteiger partial charge in [-0.05, 0) is 42.5 Å². The molecule has 0 unspecified atom stereocenters. The number of aryl methyl sites for hydroxylation is 1. The zero-order chi connectivity index (χ0) is 18.4. The molecule has 0 radical (unpaired) electrons. The van der Waals surface area contributed by atoms with Gasteiger partial charge in [-0.15, -0.1) is 0 Å². The molecule has 1 atom stereocenters.